The molecule has 0 saturated carbocycles. The molecule has 0 aliphatic carbocycles. The van der Waals surface area contributed by atoms with Crippen LogP contribution in [0, 0.1) is 0 Å². The lowest BCUT2D eigenvalue weighted by atomic mass is 10.0. The van der Waals surface area contributed by atoms with E-state index in [9.17, 15) is 14.7 Å². The highest BCUT2D eigenvalue weighted by Gasteiger charge is 2.29. The maximum Gasteiger partial charge on any atom is 0.345 e. The third kappa shape index (κ3) is 1.47. The standard InChI is InChI=1S/C8H10O4/c1-4-3-6(10)7(5(2)9)8(11)12-4/h4,10H,3H2,1-2H3. The van der Waals surface area contributed by atoms with Gasteiger partial charge in [-0.25, -0.2) is 4.79 Å². The molecule has 4 nitrogen and oxygen atoms in total. The summed E-state index contributed by atoms with van der Waals surface area (Å²) in [4.78, 5) is 21.8. The summed E-state index contributed by atoms with van der Waals surface area (Å²) in [6, 6.07) is 0. The molecule has 0 aromatic rings. The Morgan fingerprint density at radius 3 is 2.67 bits per heavy atom. The molecule has 4 heteroatoms. The Hall–Kier alpha value is -1.32. The first kappa shape index (κ1) is 8.77. The minimum Gasteiger partial charge on any atom is -0.511 e. The number of hydrogen-bond donors (Lipinski definition) is 1. The molecule has 0 saturated heterocycles. The second-order valence-corrected chi connectivity index (χ2v) is 2.80. The summed E-state index contributed by atoms with van der Waals surface area (Å²) in [5.74, 6) is -1.34. The number of ketones is 1. The van der Waals surface area contributed by atoms with Crippen LogP contribution >= 0.6 is 0 Å². The summed E-state index contributed by atoms with van der Waals surface area (Å²) in [6.45, 7) is 2.88. The van der Waals surface area contributed by atoms with E-state index >= 15 is 0 Å². The Bertz CT molecular complexity index is 264. The van der Waals surface area contributed by atoms with Crippen molar-refractivity contribution < 1.29 is 19.4 Å². The van der Waals surface area contributed by atoms with Crippen LogP contribution in [-0.4, -0.2) is 23.0 Å². The molecule has 0 radical (unpaired) electrons. The first-order valence-electron chi connectivity index (χ1n) is 3.66. The molecule has 1 atom stereocenters. The van der Waals surface area contributed by atoms with E-state index in [2.05, 4.69) is 0 Å². The van der Waals surface area contributed by atoms with Gasteiger partial charge in [-0.2, -0.15) is 0 Å². The molecule has 0 aromatic carbocycles. The van der Waals surface area contributed by atoms with Crippen molar-refractivity contribution in [2.45, 2.75) is 26.4 Å². The van der Waals surface area contributed by atoms with Gasteiger partial charge < -0.3 is 9.84 Å². The summed E-state index contributed by atoms with van der Waals surface area (Å²) in [6.07, 6.45) is -0.124. The van der Waals surface area contributed by atoms with Gasteiger partial charge in [-0.05, 0) is 13.8 Å². The van der Waals surface area contributed by atoms with Crippen LogP contribution in [0.15, 0.2) is 11.3 Å². The zero-order valence-corrected chi connectivity index (χ0v) is 6.96. The second kappa shape index (κ2) is 2.97. The number of cyclic esters (lactones) is 1. The molecule has 1 heterocycles. The van der Waals surface area contributed by atoms with Gasteiger partial charge in [-0.15, -0.1) is 0 Å². The number of carbonyl (C=O) groups is 2. The zero-order valence-electron chi connectivity index (χ0n) is 6.96. The lowest BCUT2D eigenvalue weighted by Crippen LogP contribution is -2.27. The fourth-order valence-corrected chi connectivity index (χ4v) is 1.12. The molecule has 0 fully saturated rings. The maximum atomic E-state index is 11.0. The number of esters is 1. The molecular formula is C8H10O4. The maximum absolute atomic E-state index is 11.0. The Morgan fingerprint density at radius 2 is 2.25 bits per heavy atom. The lowest BCUT2D eigenvalue weighted by Gasteiger charge is -2.19. The molecule has 0 amide bonds. The van der Waals surface area contributed by atoms with Gasteiger partial charge in [-0.3, -0.25) is 4.79 Å². The normalized spacial score (nSPS) is 23.8. The third-order valence-corrected chi connectivity index (χ3v) is 1.63. The highest BCUT2D eigenvalue weighted by Crippen LogP contribution is 2.19. The molecule has 0 aromatic heterocycles. The van der Waals surface area contributed by atoms with Crippen LogP contribution in [0.1, 0.15) is 20.3 Å². The molecule has 12 heavy (non-hydrogen) atoms. The van der Waals surface area contributed by atoms with Gasteiger partial charge in [0.1, 0.15) is 17.4 Å². The number of rotatable bonds is 1. The third-order valence-electron chi connectivity index (χ3n) is 1.63. The molecule has 1 aliphatic heterocycles. The van der Waals surface area contributed by atoms with E-state index in [0.717, 1.165) is 0 Å². The van der Waals surface area contributed by atoms with Crippen LogP contribution in [0.2, 0.25) is 0 Å². The Balaban J connectivity index is 3.01. The number of ether oxygens (including phenoxy) is 1. The molecule has 1 rings (SSSR count). The van der Waals surface area contributed by atoms with Crippen molar-refractivity contribution in [3.63, 3.8) is 0 Å². The summed E-state index contributed by atoms with van der Waals surface area (Å²) in [5, 5.41) is 9.24. The van der Waals surface area contributed by atoms with Crippen LogP contribution in [0.3, 0.4) is 0 Å². The van der Waals surface area contributed by atoms with Crippen molar-refractivity contribution in [2.24, 2.45) is 0 Å². The number of aliphatic hydroxyl groups is 1. The van der Waals surface area contributed by atoms with Gasteiger partial charge in [0.25, 0.3) is 0 Å². The smallest absolute Gasteiger partial charge is 0.345 e. The zero-order chi connectivity index (χ0) is 9.30. The van der Waals surface area contributed by atoms with Crippen molar-refractivity contribution in [3.05, 3.63) is 11.3 Å². The number of hydrogen-bond acceptors (Lipinski definition) is 4. The van der Waals surface area contributed by atoms with Crippen molar-refractivity contribution in [3.8, 4) is 0 Å². The minimum absolute atomic E-state index is 0.161. The van der Waals surface area contributed by atoms with Crippen molar-refractivity contribution >= 4 is 11.8 Å². The first-order valence-corrected chi connectivity index (χ1v) is 3.66. The fraction of sp³-hybridized carbons (Fsp3) is 0.500. The van der Waals surface area contributed by atoms with Gasteiger partial charge >= 0.3 is 5.97 Å². The topological polar surface area (TPSA) is 63.6 Å². The Labute approximate surface area is 69.8 Å². The van der Waals surface area contributed by atoms with E-state index in [1.54, 1.807) is 6.92 Å². The SMILES string of the molecule is CC(=O)C1=C(O)CC(C)OC1=O. The molecule has 0 bridgehead atoms. The van der Waals surface area contributed by atoms with Crippen molar-refractivity contribution in [1.29, 1.82) is 0 Å². The van der Waals surface area contributed by atoms with Crippen LogP contribution in [-0.2, 0) is 14.3 Å². The van der Waals surface area contributed by atoms with E-state index in [1.807, 2.05) is 0 Å². The van der Waals surface area contributed by atoms with E-state index < -0.39 is 11.8 Å². The van der Waals surface area contributed by atoms with E-state index in [4.69, 9.17) is 4.74 Å². The monoisotopic (exact) mass is 170 g/mol. The van der Waals surface area contributed by atoms with Crippen molar-refractivity contribution in [2.75, 3.05) is 0 Å². The number of carbonyl (C=O) groups excluding carboxylic acids is 2. The summed E-state index contributed by atoms with van der Waals surface area (Å²) >= 11 is 0. The van der Waals surface area contributed by atoms with Crippen LogP contribution in [0.25, 0.3) is 0 Å². The quantitative estimate of drug-likeness (QED) is 0.465. The summed E-state index contributed by atoms with van der Waals surface area (Å²) < 4.78 is 4.75. The molecule has 0 spiro atoms. The lowest BCUT2D eigenvalue weighted by molar-refractivity contribution is -0.146. The average molecular weight is 170 g/mol. The summed E-state index contributed by atoms with van der Waals surface area (Å²) in [5.41, 5.74) is -0.215. The highest BCUT2D eigenvalue weighted by molar-refractivity contribution is 6.17. The molecular weight excluding hydrogens is 160 g/mol. The van der Waals surface area contributed by atoms with Gasteiger partial charge in [0, 0.05) is 6.42 Å². The molecule has 1 N–H and O–H groups in total. The van der Waals surface area contributed by atoms with E-state index in [0.29, 0.717) is 0 Å². The van der Waals surface area contributed by atoms with Gasteiger partial charge in [0.05, 0.1) is 0 Å². The fourth-order valence-electron chi connectivity index (χ4n) is 1.12. The molecule has 1 unspecified atom stereocenters. The van der Waals surface area contributed by atoms with E-state index in [1.165, 1.54) is 6.92 Å². The van der Waals surface area contributed by atoms with Crippen LogP contribution in [0.5, 0.6) is 0 Å². The van der Waals surface area contributed by atoms with Crippen LogP contribution in [0.4, 0.5) is 0 Å². The van der Waals surface area contributed by atoms with Gasteiger partial charge in [0.2, 0.25) is 0 Å². The van der Waals surface area contributed by atoms with Crippen LogP contribution < -0.4 is 0 Å². The molecule has 1 aliphatic rings. The molecule has 66 valence electrons. The summed E-state index contributed by atoms with van der Waals surface area (Å²) in [7, 11) is 0. The largest absolute Gasteiger partial charge is 0.511 e. The predicted octanol–water partition coefficient (Wildman–Crippen LogP) is 0.723. The predicted molar refractivity (Wildman–Crippen MR) is 40.5 cm³/mol. The first-order chi connectivity index (χ1) is 5.52. The van der Waals surface area contributed by atoms with Gasteiger partial charge in [0.15, 0.2) is 5.78 Å². The van der Waals surface area contributed by atoms with Gasteiger partial charge in [-0.1, -0.05) is 0 Å². The minimum atomic E-state index is -0.723. The number of Topliss-reactive ketones (excluding diaryl/α,β-unsaturated/α-hetero) is 1. The second-order valence-electron chi connectivity index (χ2n) is 2.80. The Morgan fingerprint density at radius 1 is 1.67 bits per heavy atom. The highest BCUT2D eigenvalue weighted by atomic mass is 16.5. The number of aliphatic hydroxyl groups excluding tert-OH is 1. The van der Waals surface area contributed by atoms with Crippen molar-refractivity contribution in [1.82, 2.24) is 0 Å². The Kier molecular flexibility index (Phi) is 2.17. The van der Waals surface area contributed by atoms with E-state index in [-0.39, 0.29) is 23.9 Å². The average Bonchev–Trinajstić information content (AvgIpc) is 1.82.